The average molecular weight is 496 g/mol. The van der Waals surface area contributed by atoms with E-state index in [2.05, 4.69) is 9.88 Å². The van der Waals surface area contributed by atoms with Crippen LogP contribution in [0, 0.1) is 5.92 Å². The normalized spacial score (nSPS) is 20.9. The maximum Gasteiger partial charge on any atom is 0.247 e. The number of hydrogen-bond donors (Lipinski definition) is 1. The topological polar surface area (TPSA) is 83.0 Å². The number of hydrogen-bond acceptors (Lipinski definition) is 6. The van der Waals surface area contributed by atoms with E-state index in [4.69, 9.17) is 4.74 Å². The molecule has 0 fully saturated rings. The molecule has 0 bridgehead atoms. The first-order chi connectivity index (χ1) is 16.8. The van der Waals surface area contributed by atoms with Gasteiger partial charge in [0.2, 0.25) is 10.0 Å². The van der Waals surface area contributed by atoms with Gasteiger partial charge < -0.3 is 9.84 Å². The largest absolute Gasteiger partial charge is 0.487 e. The van der Waals surface area contributed by atoms with E-state index in [1.807, 2.05) is 68.6 Å². The number of ether oxygens (including phenoxy) is 1. The fourth-order valence-electron chi connectivity index (χ4n) is 4.43. The van der Waals surface area contributed by atoms with Gasteiger partial charge in [-0.1, -0.05) is 43.3 Å². The zero-order chi connectivity index (χ0) is 25.0. The number of sulfonamides is 1. The molecule has 0 aliphatic carbocycles. The number of aliphatic hydroxyl groups excluding tert-OH is 1. The van der Waals surface area contributed by atoms with E-state index in [1.165, 1.54) is 4.31 Å². The number of likely N-dealkylation sites (N-methyl/N-ethyl adjacent to an activating group) is 1. The molecule has 1 aliphatic rings. The molecule has 2 aromatic carbocycles. The first-order valence-electron chi connectivity index (χ1n) is 11.9. The van der Waals surface area contributed by atoms with Gasteiger partial charge in [-0.05, 0) is 54.9 Å². The molecular formula is C27H33N3O4S. The van der Waals surface area contributed by atoms with Gasteiger partial charge in [0.05, 0.1) is 6.61 Å². The maximum atomic E-state index is 13.7. The molecule has 186 valence electrons. The standard InChI is InChI=1S/C27H33N3O4S/c1-20-16-30(21(2)19-31)35(32,33)27-10-9-24(23-7-5-4-6-8-23)15-25(27)34-26(20)18-29(3)17-22-11-13-28-14-12-22/h4-15,20-21,26,31H,16-19H2,1-3H3/t20-,21+,26-/m1/s1. The van der Waals surface area contributed by atoms with Crippen LogP contribution in [0.15, 0.2) is 78.0 Å². The summed E-state index contributed by atoms with van der Waals surface area (Å²) >= 11 is 0. The Bertz CT molecular complexity index is 1220. The minimum Gasteiger partial charge on any atom is -0.487 e. The molecule has 0 saturated heterocycles. The van der Waals surface area contributed by atoms with Crippen LogP contribution in [0.2, 0.25) is 0 Å². The summed E-state index contributed by atoms with van der Waals surface area (Å²) in [7, 11) is -1.83. The molecule has 4 rings (SSSR count). The molecule has 7 nitrogen and oxygen atoms in total. The van der Waals surface area contributed by atoms with Crippen LogP contribution in [0.1, 0.15) is 19.4 Å². The smallest absolute Gasteiger partial charge is 0.247 e. The van der Waals surface area contributed by atoms with Crippen molar-refractivity contribution in [3.05, 3.63) is 78.6 Å². The van der Waals surface area contributed by atoms with E-state index in [0.717, 1.165) is 23.2 Å². The summed E-state index contributed by atoms with van der Waals surface area (Å²) in [6.07, 6.45) is 3.30. The van der Waals surface area contributed by atoms with E-state index in [9.17, 15) is 13.5 Å². The molecule has 1 N–H and O–H groups in total. The van der Waals surface area contributed by atoms with Gasteiger partial charge in [0.15, 0.2) is 0 Å². The molecule has 1 aromatic heterocycles. The van der Waals surface area contributed by atoms with Crippen molar-refractivity contribution in [3.8, 4) is 16.9 Å². The Morgan fingerprint density at radius 1 is 1.11 bits per heavy atom. The second-order valence-electron chi connectivity index (χ2n) is 9.32. The van der Waals surface area contributed by atoms with Gasteiger partial charge in [0.25, 0.3) is 0 Å². The fraction of sp³-hybridized carbons (Fsp3) is 0.370. The Balaban J connectivity index is 1.72. The summed E-state index contributed by atoms with van der Waals surface area (Å²) < 4.78 is 35.2. The number of aliphatic hydroxyl groups is 1. The van der Waals surface area contributed by atoms with Crippen molar-refractivity contribution in [2.24, 2.45) is 5.92 Å². The third kappa shape index (κ3) is 5.73. The first-order valence-corrected chi connectivity index (χ1v) is 13.3. The van der Waals surface area contributed by atoms with Gasteiger partial charge in [0.1, 0.15) is 16.7 Å². The lowest BCUT2D eigenvalue weighted by molar-refractivity contribution is 0.0734. The Labute approximate surface area is 208 Å². The van der Waals surface area contributed by atoms with Crippen molar-refractivity contribution in [1.29, 1.82) is 0 Å². The summed E-state index contributed by atoms with van der Waals surface area (Å²) in [5, 5.41) is 9.83. The molecule has 3 aromatic rings. The van der Waals surface area contributed by atoms with E-state index in [0.29, 0.717) is 12.3 Å². The van der Waals surface area contributed by atoms with E-state index in [1.54, 1.807) is 25.4 Å². The van der Waals surface area contributed by atoms with Gasteiger partial charge in [0, 0.05) is 44.0 Å². The Morgan fingerprint density at radius 2 is 1.83 bits per heavy atom. The number of pyridine rings is 1. The van der Waals surface area contributed by atoms with Crippen LogP contribution in [0.4, 0.5) is 0 Å². The van der Waals surface area contributed by atoms with Gasteiger partial charge in [-0.25, -0.2) is 8.42 Å². The summed E-state index contributed by atoms with van der Waals surface area (Å²) in [6, 6.07) is 18.5. The number of benzene rings is 2. The zero-order valence-electron chi connectivity index (χ0n) is 20.4. The van der Waals surface area contributed by atoms with Gasteiger partial charge >= 0.3 is 0 Å². The van der Waals surface area contributed by atoms with Gasteiger partial charge in [-0.2, -0.15) is 4.31 Å². The fourth-order valence-corrected chi connectivity index (χ4v) is 6.25. The van der Waals surface area contributed by atoms with Crippen LogP contribution in [0.25, 0.3) is 11.1 Å². The molecule has 0 unspecified atom stereocenters. The number of nitrogens with zero attached hydrogens (tertiary/aromatic N) is 3. The lowest BCUT2D eigenvalue weighted by atomic mass is 10.0. The predicted octanol–water partition coefficient (Wildman–Crippen LogP) is 3.65. The second-order valence-corrected chi connectivity index (χ2v) is 11.2. The van der Waals surface area contributed by atoms with Crippen LogP contribution >= 0.6 is 0 Å². The van der Waals surface area contributed by atoms with Gasteiger partial charge in [-0.15, -0.1) is 0 Å². The summed E-state index contributed by atoms with van der Waals surface area (Å²) in [6.45, 7) is 5.08. The molecule has 1 aliphatic heterocycles. The highest BCUT2D eigenvalue weighted by Gasteiger charge is 2.38. The predicted molar refractivity (Wildman–Crippen MR) is 136 cm³/mol. The SMILES string of the molecule is C[C@@H]1CN([C@@H](C)CO)S(=O)(=O)c2ccc(-c3ccccc3)cc2O[C@@H]1CN(C)Cc1ccncc1. The van der Waals surface area contributed by atoms with Crippen LogP contribution in [0.5, 0.6) is 5.75 Å². The van der Waals surface area contributed by atoms with Crippen molar-refractivity contribution >= 4 is 10.0 Å². The molecule has 0 spiro atoms. The lowest BCUT2D eigenvalue weighted by Crippen LogP contribution is -2.49. The van der Waals surface area contributed by atoms with Crippen molar-refractivity contribution in [2.45, 2.75) is 37.4 Å². The van der Waals surface area contributed by atoms with E-state index >= 15 is 0 Å². The van der Waals surface area contributed by atoms with E-state index < -0.39 is 16.1 Å². The zero-order valence-corrected chi connectivity index (χ0v) is 21.2. The van der Waals surface area contributed by atoms with Crippen molar-refractivity contribution in [2.75, 3.05) is 26.7 Å². The summed E-state index contributed by atoms with van der Waals surface area (Å²) in [4.78, 5) is 6.39. The Hall–Kier alpha value is -2.78. The Kier molecular flexibility index (Phi) is 7.86. The average Bonchev–Trinajstić information content (AvgIpc) is 2.86. The first kappa shape index (κ1) is 25.3. The van der Waals surface area contributed by atoms with Crippen molar-refractivity contribution < 1.29 is 18.3 Å². The Morgan fingerprint density at radius 3 is 2.51 bits per heavy atom. The third-order valence-electron chi connectivity index (χ3n) is 6.47. The highest BCUT2D eigenvalue weighted by Crippen LogP contribution is 2.36. The molecule has 0 radical (unpaired) electrons. The molecule has 35 heavy (non-hydrogen) atoms. The van der Waals surface area contributed by atoms with Gasteiger partial charge in [-0.3, -0.25) is 9.88 Å². The quantitative estimate of drug-likeness (QED) is 0.539. The lowest BCUT2D eigenvalue weighted by Gasteiger charge is -2.37. The number of rotatable bonds is 7. The van der Waals surface area contributed by atoms with E-state index in [-0.39, 0.29) is 30.1 Å². The van der Waals surface area contributed by atoms with Crippen LogP contribution < -0.4 is 4.74 Å². The van der Waals surface area contributed by atoms with Crippen LogP contribution in [-0.4, -0.2) is 66.6 Å². The summed E-state index contributed by atoms with van der Waals surface area (Å²) in [5.74, 6) is 0.238. The van der Waals surface area contributed by atoms with Crippen LogP contribution in [0.3, 0.4) is 0 Å². The number of fused-ring (bicyclic) bond motifs is 1. The summed E-state index contributed by atoms with van der Waals surface area (Å²) in [5.41, 5.74) is 3.02. The molecule has 0 saturated carbocycles. The monoisotopic (exact) mass is 495 g/mol. The maximum absolute atomic E-state index is 13.7. The van der Waals surface area contributed by atoms with Crippen LogP contribution in [-0.2, 0) is 16.6 Å². The molecule has 3 atom stereocenters. The highest BCUT2D eigenvalue weighted by molar-refractivity contribution is 7.89. The number of aromatic nitrogens is 1. The molecule has 2 heterocycles. The third-order valence-corrected chi connectivity index (χ3v) is 8.49. The minimum absolute atomic E-state index is 0.104. The molecular weight excluding hydrogens is 462 g/mol. The van der Waals surface area contributed by atoms with Crippen molar-refractivity contribution in [3.63, 3.8) is 0 Å². The van der Waals surface area contributed by atoms with Crippen molar-refractivity contribution in [1.82, 2.24) is 14.2 Å². The minimum atomic E-state index is -3.86. The second kappa shape index (κ2) is 10.9. The molecule has 8 heteroatoms. The highest BCUT2D eigenvalue weighted by atomic mass is 32.2. The molecule has 0 amide bonds.